The lowest BCUT2D eigenvalue weighted by molar-refractivity contribution is -0.113. The van der Waals surface area contributed by atoms with Gasteiger partial charge in [0.2, 0.25) is 21.8 Å². The molecule has 0 bridgehead atoms. The van der Waals surface area contributed by atoms with Crippen LogP contribution in [-0.2, 0) is 14.8 Å². The van der Waals surface area contributed by atoms with E-state index in [1.54, 1.807) is 42.5 Å². The van der Waals surface area contributed by atoms with Gasteiger partial charge in [-0.1, -0.05) is 29.4 Å². The van der Waals surface area contributed by atoms with Crippen LogP contribution in [0.1, 0.15) is 5.56 Å². The van der Waals surface area contributed by atoms with Crippen molar-refractivity contribution in [3.05, 3.63) is 53.1 Å². The molecular weight excluding hydrogens is 436 g/mol. The predicted octanol–water partition coefficient (Wildman–Crippen LogP) is 3.80. The Bertz CT molecular complexity index is 1130. The molecule has 2 aromatic carbocycles. The van der Waals surface area contributed by atoms with E-state index in [0.717, 1.165) is 23.6 Å². The first kappa shape index (κ1) is 21.2. The Kier molecular flexibility index (Phi) is 6.46. The third kappa shape index (κ3) is 5.96. The van der Waals surface area contributed by atoms with Gasteiger partial charge in [0.05, 0.1) is 12.0 Å². The average Bonchev–Trinajstić information content (AvgIpc) is 3.12. The fraction of sp³-hybridized carbons (Fsp3) is 0.167. The van der Waals surface area contributed by atoms with Crippen LogP contribution in [0.2, 0.25) is 5.02 Å². The highest BCUT2D eigenvalue weighted by Gasteiger charge is 2.13. The van der Waals surface area contributed by atoms with Crippen LogP contribution in [0.5, 0.6) is 0 Å². The molecule has 0 unspecified atom stereocenters. The van der Waals surface area contributed by atoms with E-state index >= 15 is 0 Å². The van der Waals surface area contributed by atoms with Gasteiger partial charge in [-0.15, -0.1) is 10.2 Å². The van der Waals surface area contributed by atoms with Gasteiger partial charge in [-0.05, 0) is 48.9 Å². The number of amides is 1. The van der Waals surface area contributed by atoms with Crippen LogP contribution >= 0.6 is 23.4 Å². The first-order valence-electron chi connectivity index (χ1n) is 8.31. The minimum atomic E-state index is -3.34. The molecule has 0 saturated carbocycles. The summed E-state index contributed by atoms with van der Waals surface area (Å²) in [6, 6.07) is 11.8. The molecule has 0 aliphatic rings. The lowest BCUT2D eigenvalue weighted by Crippen LogP contribution is -2.14. The zero-order valence-electron chi connectivity index (χ0n) is 15.5. The van der Waals surface area contributed by atoms with E-state index < -0.39 is 10.0 Å². The summed E-state index contributed by atoms with van der Waals surface area (Å²) in [6.07, 6.45) is 1.08. The van der Waals surface area contributed by atoms with Gasteiger partial charge in [0.1, 0.15) is 0 Å². The van der Waals surface area contributed by atoms with Crippen molar-refractivity contribution in [1.82, 2.24) is 10.2 Å². The van der Waals surface area contributed by atoms with Crippen molar-refractivity contribution >= 4 is 50.7 Å². The smallest absolute Gasteiger partial charge is 0.277 e. The Balaban J connectivity index is 1.59. The van der Waals surface area contributed by atoms with Crippen molar-refractivity contribution in [3.63, 3.8) is 0 Å². The van der Waals surface area contributed by atoms with E-state index in [2.05, 4.69) is 20.2 Å². The summed E-state index contributed by atoms with van der Waals surface area (Å²) in [5, 5.41) is 11.5. The highest BCUT2D eigenvalue weighted by molar-refractivity contribution is 7.99. The Morgan fingerprint density at radius 2 is 1.90 bits per heavy atom. The van der Waals surface area contributed by atoms with Crippen LogP contribution < -0.4 is 10.0 Å². The Morgan fingerprint density at radius 3 is 2.59 bits per heavy atom. The van der Waals surface area contributed by atoms with Crippen molar-refractivity contribution in [2.45, 2.75) is 12.1 Å². The summed E-state index contributed by atoms with van der Waals surface area (Å²) in [6.45, 7) is 1.83. The van der Waals surface area contributed by atoms with Crippen molar-refractivity contribution in [3.8, 4) is 11.5 Å². The number of benzene rings is 2. The molecule has 8 nitrogen and oxygen atoms in total. The number of carbonyl (C=O) groups is 1. The van der Waals surface area contributed by atoms with E-state index in [4.69, 9.17) is 16.0 Å². The maximum Gasteiger partial charge on any atom is 0.277 e. The van der Waals surface area contributed by atoms with Gasteiger partial charge >= 0.3 is 0 Å². The number of aromatic nitrogens is 2. The molecule has 29 heavy (non-hydrogen) atoms. The molecule has 2 N–H and O–H groups in total. The van der Waals surface area contributed by atoms with Crippen LogP contribution in [0.4, 0.5) is 11.4 Å². The zero-order chi connectivity index (χ0) is 21.0. The van der Waals surface area contributed by atoms with E-state index in [1.165, 1.54) is 0 Å². The maximum absolute atomic E-state index is 12.2. The van der Waals surface area contributed by atoms with Crippen molar-refractivity contribution < 1.29 is 17.6 Å². The van der Waals surface area contributed by atoms with Gasteiger partial charge in [-0.2, -0.15) is 0 Å². The van der Waals surface area contributed by atoms with Gasteiger partial charge in [0, 0.05) is 22.0 Å². The third-order valence-electron chi connectivity index (χ3n) is 3.71. The molecule has 0 aliphatic carbocycles. The average molecular weight is 453 g/mol. The van der Waals surface area contributed by atoms with Crippen LogP contribution in [-0.4, -0.2) is 36.5 Å². The number of nitrogens with one attached hydrogen (secondary N) is 2. The number of carbonyl (C=O) groups excluding carboxylic acids is 1. The second kappa shape index (κ2) is 8.85. The maximum atomic E-state index is 12.2. The Morgan fingerprint density at radius 1 is 1.17 bits per heavy atom. The number of halogens is 1. The summed E-state index contributed by atoms with van der Waals surface area (Å²) in [7, 11) is -3.34. The van der Waals surface area contributed by atoms with Gasteiger partial charge < -0.3 is 9.73 Å². The number of hydrogen-bond donors (Lipinski definition) is 2. The fourth-order valence-electron chi connectivity index (χ4n) is 2.34. The van der Waals surface area contributed by atoms with Gasteiger partial charge in [0.15, 0.2) is 0 Å². The Labute approximate surface area is 177 Å². The van der Waals surface area contributed by atoms with Crippen LogP contribution in [0.3, 0.4) is 0 Å². The highest BCUT2D eigenvalue weighted by atomic mass is 35.5. The Hall–Kier alpha value is -2.56. The quantitative estimate of drug-likeness (QED) is 0.524. The van der Waals surface area contributed by atoms with E-state index in [0.29, 0.717) is 22.0 Å². The lowest BCUT2D eigenvalue weighted by atomic mass is 10.2. The summed E-state index contributed by atoms with van der Waals surface area (Å²) in [5.41, 5.74) is 2.50. The fourth-order valence-corrected chi connectivity index (χ4v) is 3.64. The van der Waals surface area contributed by atoms with Crippen LogP contribution in [0, 0.1) is 6.92 Å². The molecular formula is C18H17ClN4O4S2. The molecule has 3 rings (SSSR count). The summed E-state index contributed by atoms with van der Waals surface area (Å²) in [5.74, 6) is 0.131. The van der Waals surface area contributed by atoms with Gasteiger partial charge in [-0.25, -0.2) is 8.42 Å². The molecule has 1 amide bonds. The molecule has 0 atom stereocenters. The molecule has 0 radical (unpaired) electrons. The standard InChI is InChI=1S/C18H17ClN4O4S2/c1-11-14(19)4-3-5-15(11)20-16(24)10-28-18-22-21-17(27-18)12-6-8-13(9-7-12)23-29(2,25)26/h3-9,23H,10H2,1-2H3,(H,20,24). The number of hydrogen-bond acceptors (Lipinski definition) is 7. The van der Waals surface area contributed by atoms with Gasteiger partial charge in [-0.3, -0.25) is 9.52 Å². The van der Waals surface area contributed by atoms with Crippen molar-refractivity contribution in [1.29, 1.82) is 0 Å². The monoisotopic (exact) mass is 452 g/mol. The number of nitrogens with zero attached hydrogens (tertiary/aromatic N) is 2. The minimum absolute atomic E-state index is 0.0881. The first-order valence-corrected chi connectivity index (χ1v) is 11.6. The molecule has 1 aromatic heterocycles. The molecule has 0 spiro atoms. The summed E-state index contributed by atoms with van der Waals surface area (Å²) >= 11 is 7.16. The molecule has 0 aliphatic heterocycles. The lowest BCUT2D eigenvalue weighted by Gasteiger charge is -2.08. The topological polar surface area (TPSA) is 114 Å². The largest absolute Gasteiger partial charge is 0.411 e. The van der Waals surface area contributed by atoms with E-state index in [1.807, 2.05) is 6.92 Å². The molecule has 0 saturated heterocycles. The number of anilines is 2. The SMILES string of the molecule is Cc1c(Cl)cccc1NC(=O)CSc1nnc(-c2ccc(NS(C)(=O)=O)cc2)o1. The van der Waals surface area contributed by atoms with E-state index in [-0.39, 0.29) is 22.8 Å². The summed E-state index contributed by atoms with van der Waals surface area (Å²) < 4.78 is 30.4. The molecule has 3 aromatic rings. The van der Waals surface area contributed by atoms with Crippen LogP contribution in [0.15, 0.2) is 52.1 Å². The predicted molar refractivity (Wildman–Crippen MR) is 114 cm³/mol. The summed E-state index contributed by atoms with van der Waals surface area (Å²) in [4.78, 5) is 12.2. The third-order valence-corrected chi connectivity index (χ3v) is 5.54. The number of sulfonamides is 1. The highest BCUT2D eigenvalue weighted by Crippen LogP contribution is 2.26. The van der Waals surface area contributed by atoms with Gasteiger partial charge in [0.25, 0.3) is 5.22 Å². The molecule has 152 valence electrons. The first-order chi connectivity index (χ1) is 13.7. The number of thioether (sulfide) groups is 1. The van der Waals surface area contributed by atoms with Crippen LogP contribution in [0.25, 0.3) is 11.5 Å². The molecule has 11 heteroatoms. The number of rotatable bonds is 7. The normalized spacial score (nSPS) is 11.3. The minimum Gasteiger partial charge on any atom is -0.411 e. The van der Waals surface area contributed by atoms with Crippen molar-refractivity contribution in [2.24, 2.45) is 0 Å². The second-order valence-corrected chi connectivity index (χ2v) is 9.16. The molecule has 0 fully saturated rings. The second-order valence-electron chi connectivity index (χ2n) is 6.07. The van der Waals surface area contributed by atoms with Crippen molar-refractivity contribution in [2.75, 3.05) is 22.0 Å². The molecule has 1 heterocycles. The zero-order valence-corrected chi connectivity index (χ0v) is 17.9. The van der Waals surface area contributed by atoms with E-state index in [9.17, 15) is 13.2 Å².